The number of hydrogen-bond acceptors (Lipinski definition) is 8. The normalized spacial score (nSPS) is 17.2. The van der Waals surface area contributed by atoms with Gasteiger partial charge in [-0.2, -0.15) is 0 Å². The second-order valence-corrected chi connectivity index (χ2v) is 9.09. The van der Waals surface area contributed by atoms with Crippen LogP contribution in [0, 0.1) is 0 Å². The molecule has 0 unspecified atom stereocenters. The Morgan fingerprint density at radius 2 is 1.91 bits per heavy atom. The van der Waals surface area contributed by atoms with Crippen LogP contribution in [0.1, 0.15) is 24.6 Å². The molecular weight excluding hydrogens is 442 g/mol. The van der Waals surface area contributed by atoms with Gasteiger partial charge in [0.15, 0.2) is 17.1 Å². The van der Waals surface area contributed by atoms with Crippen LogP contribution in [0.25, 0.3) is 10.9 Å². The lowest BCUT2D eigenvalue weighted by atomic mass is 10.2. The highest BCUT2D eigenvalue weighted by Gasteiger charge is 2.23. The highest BCUT2D eigenvalue weighted by molar-refractivity contribution is 5.94. The minimum Gasteiger partial charge on any atom is -0.493 e. The van der Waals surface area contributed by atoms with E-state index in [1.807, 2.05) is 18.2 Å². The van der Waals surface area contributed by atoms with Gasteiger partial charge in [-0.15, -0.1) is 9.98 Å². The number of amidine groups is 1. The van der Waals surface area contributed by atoms with Gasteiger partial charge in [0.05, 0.1) is 18.2 Å². The molecule has 3 aromatic rings. The van der Waals surface area contributed by atoms with Crippen molar-refractivity contribution in [1.82, 2.24) is 19.8 Å². The predicted octanol–water partition coefficient (Wildman–Crippen LogP) is 1.57. The molecule has 2 aromatic heterocycles. The minimum atomic E-state index is 0.265. The van der Waals surface area contributed by atoms with Gasteiger partial charge in [-0.1, -0.05) is 19.1 Å². The number of methoxy groups -OCH3 is 1. The Labute approximate surface area is 205 Å². The molecule has 0 spiro atoms. The molecule has 10 heteroatoms. The molecule has 1 fully saturated rings. The zero-order valence-corrected chi connectivity index (χ0v) is 20.5. The van der Waals surface area contributed by atoms with Gasteiger partial charge in [0.2, 0.25) is 5.82 Å². The molecule has 0 aliphatic carbocycles. The summed E-state index contributed by atoms with van der Waals surface area (Å²) in [7, 11) is 1.61. The number of nitrogens with two attached hydrogens (primary N) is 2. The molecule has 35 heavy (non-hydrogen) atoms. The molecule has 0 bridgehead atoms. The van der Waals surface area contributed by atoms with E-state index in [0.717, 1.165) is 63.6 Å². The Morgan fingerprint density at radius 1 is 1.09 bits per heavy atom. The zero-order chi connectivity index (χ0) is 24.4. The lowest BCUT2D eigenvalue weighted by Gasteiger charge is -2.34. The number of para-hydroxylation sites is 1. The second-order valence-electron chi connectivity index (χ2n) is 9.09. The van der Waals surface area contributed by atoms with E-state index < -0.39 is 0 Å². The molecule has 2 aliphatic heterocycles. The number of nitrogens with zero attached hydrogens (tertiary/aromatic N) is 6. The molecule has 4 heterocycles. The van der Waals surface area contributed by atoms with E-state index in [2.05, 4.69) is 48.7 Å². The second kappa shape index (κ2) is 10.0. The molecule has 1 saturated heterocycles. The SMILES string of the molecule is CCN1CCN(c2ccc3c(n2)CN(CCC(N)=Nc2[nH+]c(N)nc4c(OC)cccc24)C3)CC1. The molecule has 1 aromatic carbocycles. The molecule has 0 radical (unpaired) electrons. The summed E-state index contributed by atoms with van der Waals surface area (Å²) in [5, 5.41) is 0.812. The van der Waals surface area contributed by atoms with Gasteiger partial charge in [0, 0.05) is 52.2 Å². The number of H-pyrrole nitrogens is 1. The molecule has 184 valence electrons. The fraction of sp³-hybridized carbons (Fsp3) is 0.440. The van der Waals surface area contributed by atoms with Crippen molar-refractivity contribution < 1.29 is 9.72 Å². The number of rotatable bonds is 7. The third kappa shape index (κ3) is 4.98. The number of nitrogens with one attached hydrogen (secondary N) is 1. The van der Waals surface area contributed by atoms with Crippen LogP contribution < -0.4 is 26.1 Å². The monoisotopic (exact) mass is 476 g/mol. The van der Waals surface area contributed by atoms with Crippen LogP contribution in [0.2, 0.25) is 0 Å². The number of likely N-dealkylation sites (N-methyl/N-ethyl adjacent to an activating group) is 1. The maximum Gasteiger partial charge on any atom is 0.343 e. The number of fused-ring (bicyclic) bond motifs is 2. The van der Waals surface area contributed by atoms with Gasteiger partial charge >= 0.3 is 5.95 Å². The molecular formula is C25H34N9O+. The number of aromatic nitrogens is 3. The maximum absolute atomic E-state index is 6.33. The van der Waals surface area contributed by atoms with Crippen LogP contribution in [0.5, 0.6) is 5.75 Å². The van der Waals surface area contributed by atoms with Crippen molar-refractivity contribution in [2.24, 2.45) is 10.7 Å². The van der Waals surface area contributed by atoms with E-state index in [1.54, 1.807) is 7.11 Å². The molecule has 5 N–H and O–H groups in total. The Morgan fingerprint density at radius 3 is 2.69 bits per heavy atom. The van der Waals surface area contributed by atoms with Crippen molar-refractivity contribution in [2.45, 2.75) is 26.4 Å². The summed E-state index contributed by atoms with van der Waals surface area (Å²) in [4.78, 5) is 24.3. The average molecular weight is 477 g/mol. The highest BCUT2D eigenvalue weighted by Crippen LogP contribution is 2.29. The van der Waals surface area contributed by atoms with Crippen LogP contribution in [0.3, 0.4) is 0 Å². The summed E-state index contributed by atoms with van der Waals surface area (Å²) in [6.07, 6.45) is 0.640. The number of hydrogen-bond donors (Lipinski definition) is 2. The number of anilines is 2. The Hall–Kier alpha value is -3.50. The molecule has 10 nitrogen and oxygen atoms in total. The fourth-order valence-corrected chi connectivity index (χ4v) is 4.83. The number of nitrogen functional groups attached to an aromatic ring is 1. The van der Waals surface area contributed by atoms with Gasteiger partial charge in [-0.3, -0.25) is 4.90 Å². The standard InChI is InChI=1S/C25H33N9O/c1-3-32-11-13-34(14-12-32)22-8-7-17-15-33(16-19(17)28-22)10-9-21(26)29-24-18-5-4-6-20(35-2)23(18)30-25(27)31-24/h4-8H,3,9-16H2,1-2H3,(H4,26,27,29,30,31)/p+1. The summed E-state index contributed by atoms with van der Waals surface area (Å²) in [6, 6.07) is 10.1. The van der Waals surface area contributed by atoms with Gasteiger partial charge in [0.25, 0.3) is 0 Å². The van der Waals surface area contributed by atoms with Gasteiger partial charge < -0.3 is 26.0 Å². The van der Waals surface area contributed by atoms with E-state index in [-0.39, 0.29) is 5.95 Å². The topological polar surface area (TPSA) is 123 Å². The number of ether oxygens (including phenoxy) is 1. The van der Waals surface area contributed by atoms with Crippen molar-refractivity contribution >= 4 is 34.3 Å². The molecule has 2 aliphatic rings. The number of aromatic amines is 1. The lowest BCUT2D eigenvalue weighted by molar-refractivity contribution is -0.346. The van der Waals surface area contributed by atoms with Crippen molar-refractivity contribution in [2.75, 3.05) is 57.0 Å². The fourth-order valence-electron chi connectivity index (χ4n) is 4.83. The third-order valence-electron chi connectivity index (χ3n) is 6.86. The van der Waals surface area contributed by atoms with E-state index in [1.165, 1.54) is 11.3 Å². The molecule has 0 amide bonds. The van der Waals surface area contributed by atoms with Gasteiger partial charge in [-0.25, -0.2) is 9.97 Å². The number of benzene rings is 1. The quantitative estimate of drug-likeness (QED) is 0.389. The Bertz CT molecular complexity index is 1240. The van der Waals surface area contributed by atoms with E-state index in [4.69, 9.17) is 21.2 Å². The largest absolute Gasteiger partial charge is 0.493 e. The van der Waals surface area contributed by atoms with Crippen molar-refractivity contribution in [3.8, 4) is 5.75 Å². The Kier molecular flexibility index (Phi) is 6.65. The number of aliphatic imine (C=N–C) groups is 1. The first kappa shape index (κ1) is 23.3. The lowest BCUT2D eigenvalue weighted by Crippen LogP contribution is -2.46. The van der Waals surface area contributed by atoms with Gasteiger partial charge in [-0.05, 0) is 30.3 Å². The third-order valence-corrected chi connectivity index (χ3v) is 6.86. The van der Waals surface area contributed by atoms with Crippen molar-refractivity contribution in [1.29, 1.82) is 0 Å². The van der Waals surface area contributed by atoms with E-state index in [9.17, 15) is 0 Å². The zero-order valence-electron chi connectivity index (χ0n) is 20.5. The number of pyridine rings is 1. The summed E-state index contributed by atoms with van der Waals surface area (Å²) >= 11 is 0. The molecule has 0 saturated carbocycles. The van der Waals surface area contributed by atoms with E-state index >= 15 is 0 Å². The highest BCUT2D eigenvalue weighted by atomic mass is 16.5. The first-order valence-electron chi connectivity index (χ1n) is 12.2. The predicted molar refractivity (Wildman–Crippen MR) is 138 cm³/mol. The van der Waals surface area contributed by atoms with Crippen LogP contribution >= 0.6 is 0 Å². The smallest absolute Gasteiger partial charge is 0.343 e. The van der Waals surface area contributed by atoms with Crippen molar-refractivity contribution in [3.05, 3.63) is 41.6 Å². The summed E-state index contributed by atoms with van der Waals surface area (Å²) in [5.74, 6) is 3.13. The first-order chi connectivity index (χ1) is 17.0. The summed E-state index contributed by atoms with van der Waals surface area (Å²) in [6.45, 7) is 10.1. The maximum atomic E-state index is 6.33. The van der Waals surface area contributed by atoms with Gasteiger partial charge in [0.1, 0.15) is 5.82 Å². The first-order valence-corrected chi connectivity index (χ1v) is 12.2. The minimum absolute atomic E-state index is 0.265. The molecule has 0 atom stereocenters. The van der Waals surface area contributed by atoms with Crippen LogP contribution in [0.4, 0.5) is 17.6 Å². The summed E-state index contributed by atoms with van der Waals surface area (Å²) in [5.41, 5.74) is 15.4. The Balaban J connectivity index is 1.23. The van der Waals surface area contributed by atoms with Crippen LogP contribution in [-0.2, 0) is 13.1 Å². The number of piperazine rings is 1. The summed E-state index contributed by atoms with van der Waals surface area (Å²) < 4.78 is 5.42. The van der Waals surface area contributed by atoms with Crippen molar-refractivity contribution in [3.63, 3.8) is 0 Å². The van der Waals surface area contributed by atoms with Crippen LogP contribution in [-0.4, -0.2) is 72.0 Å². The van der Waals surface area contributed by atoms with Crippen LogP contribution in [0.15, 0.2) is 35.3 Å². The molecule has 5 rings (SSSR count). The average Bonchev–Trinajstić information content (AvgIpc) is 3.29. The van der Waals surface area contributed by atoms with E-state index in [0.29, 0.717) is 29.3 Å².